The highest BCUT2D eigenvalue weighted by molar-refractivity contribution is 5.85. The van der Waals surface area contributed by atoms with E-state index in [1.54, 1.807) is 0 Å². The van der Waals surface area contributed by atoms with Crippen molar-refractivity contribution in [2.24, 2.45) is 0 Å². The molecule has 19 heavy (non-hydrogen) atoms. The molecule has 0 spiro atoms. The molecule has 0 bridgehead atoms. The van der Waals surface area contributed by atoms with Gasteiger partial charge >= 0.3 is 5.97 Å². The van der Waals surface area contributed by atoms with E-state index in [2.05, 4.69) is 5.10 Å². The minimum Gasteiger partial charge on any atom is -0.476 e. The fourth-order valence-corrected chi connectivity index (χ4v) is 1.72. The van der Waals surface area contributed by atoms with Crippen LogP contribution in [0.4, 0.5) is 5.69 Å². The summed E-state index contributed by atoms with van der Waals surface area (Å²) in [6.07, 6.45) is 0.608. The molecule has 7 heteroatoms. The molecular formula is C12H11N3O4. The monoisotopic (exact) mass is 261 g/mol. The van der Waals surface area contributed by atoms with Crippen LogP contribution in [-0.4, -0.2) is 25.8 Å². The van der Waals surface area contributed by atoms with Gasteiger partial charge in [0.25, 0.3) is 5.69 Å². The Bertz CT molecular complexity index is 631. The summed E-state index contributed by atoms with van der Waals surface area (Å²) in [5.74, 6) is -1.10. The molecule has 1 aromatic heterocycles. The standard InChI is InChI=1S/C12H11N3O4/c1-2-8-7-11(12(16)17)13-14(8)9-3-5-10(6-4-9)15(18)19/h3-7H,2H2,1H3,(H,16,17). The second kappa shape index (κ2) is 4.89. The minimum absolute atomic E-state index is 0.0209. The van der Waals surface area contributed by atoms with Crippen molar-refractivity contribution < 1.29 is 14.8 Å². The minimum atomic E-state index is -1.10. The molecule has 2 aromatic rings. The summed E-state index contributed by atoms with van der Waals surface area (Å²) in [6, 6.07) is 7.28. The number of hydrogen-bond donors (Lipinski definition) is 1. The molecule has 98 valence electrons. The lowest BCUT2D eigenvalue weighted by Gasteiger charge is -2.04. The molecule has 0 saturated heterocycles. The van der Waals surface area contributed by atoms with Crippen molar-refractivity contribution in [3.05, 3.63) is 51.8 Å². The fourth-order valence-electron chi connectivity index (χ4n) is 1.72. The Kier molecular flexibility index (Phi) is 3.28. The molecule has 0 saturated carbocycles. The zero-order valence-electron chi connectivity index (χ0n) is 10.1. The van der Waals surface area contributed by atoms with Gasteiger partial charge in [0, 0.05) is 17.8 Å². The number of aromatic carboxylic acids is 1. The van der Waals surface area contributed by atoms with Crippen LogP contribution in [0, 0.1) is 10.1 Å². The van der Waals surface area contributed by atoms with E-state index in [0.717, 1.165) is 5.69 Å². The maximum absolute atomic E-state index is 10.9. The predicted molar refractivity (Wildman–Crippen MR) is 66.6 cm³/mol. The lowest BCUT2D eigenvalue weighted by Crippen LogP contribution is -2.03. The van der Waals surface area contributed by atoms with Gasteiger partial charge in [-0.3, -0.25) is 10.1 Å². The number of nitrogens with zero attached hydrogens (tertiary/aromatic N) is 3. The lowest BCUT2D eigenvalue weighted by atomic mass is 10.2. The van der Waals surface area contributed by atoms with E-state index in [4.69, 9.17) is 5.11 Å². The number of non-ortho nitro benzene ring substituents is 1. The molecule has 0 aliphatic carbocycles. The number of aryl methyl sites for hydroxylation is 1. The van der Waals surface area contributed by atoms with Gasteiger partial charge in [0.1, 0.15) is 0 Å². The van der Waals surface area contributed by atoms with Gasteiger partial charge in [0.2, 0.25) is 0 Å². The van der Waals surface area contributed by atoms with Crippen LogP contribution < -0.4 is 0 Å². The molecule has 1 aromatic carbocycles. The lowest BCUT2D eigenvalue weighted by molar-refractivity contribution is -0.384. The SMILES string of the molecule is CCc1cc(C(=O)O)nn1-c1ccc([N+](=O)[O-])cc1. The zero-order chi connectivity index (χ0) is 14.0. The summed E-state index contributed by atoms with van der Waals surface area (Å²) in [6.45, 7) is 1.88. The highest BCUT2D eigenvalue weighted by Crippen LogP contribution is 2.17. The molecule has 0 fully saturated rings. The van der Waals surface area contributed by atoms with Crippen LogP contribution in [0.1, 0.15) is 23.1 Å². The van der Waals surface area contributed by atoms with Crippen LogP contribution in [-0.2, 0) is 6.42 Å². The van der Waals surface area contributed by atoms with Gasteiger partial charge in [-0.2, -0.15) is 5.10 Å². The molecular weight excluding hydrogens is 250 g/mol. The number of rotatable bonds is 4. The van der Waals surface area contributed by atoms with E-state index in [9.17, 15) is 14.9 Å². The normalized spacial score (nSPS) is 10.4. The highest BCUT2D eigenvalue weighted by Gasteiger charge is 2.14. The summed E-state index contributed by atoms with van der Waals surface area (Å²) < 4.78 is 1.48. The van der Waals surface area contributed by atoms with E-state index >= 15 is 0 Å². The Morgan fingerprint density at radius 2 is 2.05 bits per heavy atom. The van der Waals surface area contributed by atoms with Crippen LogP contribution in [0.25, 0.3) is 5.69 Å². The summed E-state index contributed by atoms with van der Waals surface area (Å²) >= 11 is 0. The first-order valence-electron chi connectivity index (χ1n) is 5.60. The summed E-state index contributed by atoms with van der Waals surface area (Å²) in [4.78, 5) is 21.0. The molecule has 2 rings (SSSR count). The number of nitro benzene ring substituents is 1. The van der Waals surface area contributed by atoms with E-state index < -0.39 is 10.9 Å². The summed E-state index contributed by atoms with van der Waals surface area (Å²) in [5.41, 5.74) is 1.25. The Hall–Kier alpha value is -2.70. The third-order valence-corrected chi connectivity index (χ3v) is 2.67. The van der Waals surface area contributed by atoms with Gasteiger partial charge in [0.15, 0.2) is 5.69 Å². The molecule has 0 unspecified atom stereocenters. The highest BCUT2D eigenvalue weighted by atomic mass is 16.6. The third kappa shape index (κ3) is 2.44. The number of aromatic nitrogens is 2. The van der Waals surface area contributed by atoms with Crippen LogP contribution >= 0.6 is 0 Å². The fraction of sp³-hybridized carbons (Fsp3) is 0.167. The van der Waals surface area contributed by atoms with Gasteiger partial charge in [-0.15, -0.1) is 0 Å². The van der Waals surface area contributed by atoms with Crippen molar-refractivity contribution in [3.63, 3.8) is 0 Å². The van der Waals surface area contributed by atoms with Gasteiger partial charge in [0.05, 0.1) is 10.6 Å². The number of carboxylic acids is 1. The molecule has 7 nitrogen and oxygen atoms in total. The summed E-state index contributed by atoms with van der Waals surface area (Å²) in [5, 5.41) is 23.5. The first-order valence-corrected chi connectivity index (χ1v) is 5.60. The van der Waals surface area contributed by atoms with Crippen LogP contribution in [0.3, 0.4) is 0 Å². The van der Waals surface area contributed by atoms with Crippen LogP contribution in [0.2, 0.25) is 0 Å². The van der Waals surface area contributed by atoms with Gasteiger partial charge < -0.3 is 5.11 Å². The van der Waals surface area contributed by atoms with Gasteiger partial charge in [-0.1, -0.05) is 6.92 Å². The maximum Gasteiger partial charge on any atom is 0.356 e. The van der Waals surface area contributed by atoms with Crippen molar-refractivity contribution in [1.29, 1.82) is 0 Å². The Morgan fingerprint density at radius 1 is 1.42 bits per heavy atom. The number of benzene rings is 1. The third-order valence-electron chi connectivity index (χ3n) is 2.67. The van der Waals surface area contributed by atoms with E-state index in [-0.39, 0.29) is 11.4 Å². The second-order valence-corrected chi connectivity index (χ2v) is 3.86. The number of carbonyl (C=O) groups is 1. The van der Waals surface area contributed by atoms with E-state index in [1.807, 2.05) is 6.92 Å². The molecule has 0 amide bonds. The van der Waals surface area contributed by atoms with E-state index in [0.29, 0.717) is 12.1 Å². The zero-order valence-corrected chi connectivity index (χ0v) is 10.1. The van der Waals surface area contributed by atoms with Crippen molar-refractivity contribution >= 4 is 11.7 Å². The van der Waals surface area contributed by atoms with Crippen LogP contribution in [0.5, 0.6) is 0 Å². The number of hydrogen-bond acceptors (Lipinski definition) is 4. The van der Waals surface area contributed by atoms with Crippen molar-refractivity contribution in [2.45, 2.75) is 13.3 Å². The second-order valence-electron chi connectivity index (χ2n) is 3.86. The smallest absolute Gasteiger partial charge is 0.356 e. The number of carboxylic acid groups (broad SMARTS) is 1. The average Bonchev–Trinajstić information content (AvgIpc) is 2.83. The quantitative estimate of drug-likeness (QED) is 0.670. The Morgan fingerprint density at radius 3 is 2.53 bits per heavy atom. The molecule has 0 aliphatic heterocycles. The van der Waals surface area contributed by atoms with Gasteiger partial charge in [-0.25, -0.2) is 9.48 Å². The molecule has 0 atom stereocenters. The van der Waals surface area contributed by atoms with Crippen molar-refractivity contribution in [3.8, 4) is 5.69 Å². The van der Waals surface area contributed by atoms with E-state index in [1.165, 1.54) is 35.0 Å². The van der Waals surface area contributed by atoms with Crippen molar-refractivity contribution in [2.75, 3.05) is 0 Å². The largest absolute Gasteiger partial charge is 0.476 e. The molecule has 0 aliphatic rings. The Labute approximate surface area is 108 Å². The topological polar surface area (TPSA) is 98.3 Å². The number of nitro groups is 1. The van der Waals surface area contributed by atoms with Crippen LogP contribution in [0.15, 0.2) is 30.3 Å². The predicted octanol–water partition coefficient (Wildman–Crippen LogP) is 2.04. The summed E-state index contributed by atoms with van der Waals surface area (Å²) in [7, 11) is 0. The Balaban J connectivity index is 2.45. The molecule has 1 heterocycles. The average molecular weight is 261 g/mol. The first-order chi connectivity index (χ1) is 9.02. The molecule has 0 radical (unpaired) electrons. The molecule has 1 N–H and O–H groups in total. The maximum atomic E-state index is 10.9. The van der Waals surface area contributed by atoms with Gasteiger partial charge in [-0.05, 0) is 24.6 Å². The van der Waals surface area contributed by atoms with Crippen molar-refractivity contribution in [1.82, 2.24) is 9.78 Å². The first kappa shape index (κ1) is 12.7.